The molecule has 0 radical (unpaired) electrons. The number of aromatic nitrogens is 2. The fourth-order valence-corrected chi connectivity index (χ4v) is 1.42. The molecule has 1 aromatic heterocycles. The summed E-state index contributed by atoms with van der Waals surface area (Å²) < 4.78 is 1.08. The van der Waals surface area contributed by atoms with E-state index in [1.54, 1.807) is 12.5 Å². The van der Waals surface area contributed by atoms with Crippen molar-refractivity contribution in [1.82, 2.24) is 9.97 Å². The monoisotopic (exact) mass is 260 g/mol. The van der Waals surface area contributed by atoms with Crippen LogP contribution in [0.2, 0.25) is 0 Å². The largest absolute Gasteiger partial charge is 0.245 e. The zero-order chi connectivity index (χ0) is 10.5. The van der Waals surface area contributed by atoms with Gasteiger partial charge in [-0.15, -0.1) is 0 Å². The number of halogens is 1. The van der Waals surface area contributed by atoms with Gasteiger partial charge in [0.25, 0.3) is 0 Å². The first kappa shape index (κ1) is 10.1. The summed E-state index contributed by atoms with van der Waals surface area (Å²) in [5.41, 5.74) is 2.06. The molecule has 0 aliphatic heterocycles. The Balaban J connectivity index is 2.15. The minimum atomic E-state index is 0.910. The number of hydrogen-bond donors (Lipinski definition) is 0. The van der Waals surface area contributed by atoms with Gasteiger partial charge in [-0.05, 0) is 29.8 Å². The van der Waals surface area contributed by atoms with Crippen LogP contribution in [0.25, 0.3) is 12.2 Å². The van der Waals surface area contributed by atoms with Gasteiger partial charge in [-0.25, -0.2) is 9.97 Å². The number of benzene rings is 1. The summed E-state index contributed by atoms with van der Waals surface area (Å²) >= 11 is 3.40. The van der Waals surface area contributed by atoms with Gasteiger partial charge in [0.1, 0.15) is 6.33 Å². The van der Waals surface area contributed by atoms with E-state index in [0.29, 0.717) is 0 Å². The van der Waals surface area contributed by atoms with Crippen LogP contribution in [-0.4, -0.2) is 9.97 Å². The van der Waals surface area contributed by atoms with Crippen molar-refractivity contribution in [1.29, 1.82) is 0 Å². The van der Waals surface area contributed by atoms with Crippen LogP contribution < -0.4 is 0 Å². The van der Waals surface area contributed by atoms with Crippen LogP contribution in [0.5, 0.6) is 0 Å². The molecule has 3 heteroatoms. The van der Waals surface area contributed by atoms with Gasteiger partial charge >= 0.3 is 0 Å². The molecule has 0 spiro atoms. The maximum Gasteiger partial charge on any atom is 0.115 e. The van der Waals surface area contributed by atoms with Crippen molar-refractivity contribution in [2.75, 3.05) is 0 Å². The summed E-state index contributed by atoms with van der Waals surface area (Å²) in [6.07, 6.45) is 7.26. The maximum absolute atomic E-state index is 4.10. The molecule has 2 nitrogen and oxygen atoms in total. The molecule has 2 aromatic rings. The van der Waals surface area contributed by atoms with Crippen molar-refractivity contribution in [3.63, 3.8) is 0 Å². The van der Waals surface area contributed by atoms with Crippen LogP contribution in [0.1, 0.15) is 11.3 Å². The molecular weight excluding hydrogens is 252 g/mol. The highest BCUT2D eigenvalue weighted by atomic mass is 79.9. The molecule has 0 amide bonds. The Morgan fingerprint density at radius 3 is 2.47 bits per heavy atom. The predicted octanol–water partition coefficient (Wildman–Crippen LogP) is 3.41. The molecule has 0 bridgehead atoms. The maximum atomic E-state index is 4.10. The first-order valence-electron chi connectivity index (χ1n) is 4.54. The Morgan fingerprint density at radius 1 is 1.00 bits per heavy atom. The van der Waals surface area contributed by atoms with Gasteiger partial charge in [0.05, 0.1) is 5.69 Å². The van der Waals surface area contributed by atoms with Crippen LogP contribution in [0.4, 0.5) is 0 Å². The number of nitrogens with zero attached hydrogens (tertiary/aromatic N) is 2. The van der Waals surface area contributed by atoms with Gasteiger partial charge in [0.15, 0.2) is 0 Å². The summed E-state index contributed by atoms with van der Waals surface area (Å²) in [5, 5.41) is 0. The smallest absolute Gasteiger partial charge is 0.115 e. The highest BCUT2D eigenvalue weighted by molar-refractivity contribution is 9.10. The molecule has 0 fully saturated rings. The highest BCUT2D eigenvalue weighted by Gasteiger charge is 1.88. The lowest BCUT2D eigenvalue weighted by atomic mass is 10.2. The molecule has 2 rings (SSSR count). The zero-order valence-electron chi connectivity index (χ0n) is 7.97. The van der Waals surface area contributed by atoms with Gasteiger partial charge in [0, 0.05) is 10.7 Å². The van der Waals surface area contributed by atoms with Crippen molar-refractivity contribution in [2.45, 2.75) is 0 Å². The van der Waals surface area contributed by atoms with Gasteiger partial charge < -0.3 is 0 Å². The van der Waals surface area contributed by atoms with Crippen molar-refractivity contribution in [2.24, 2.45) is 0 Å². The normalized spacial score (nSPS) is 10.7. The lowest BCUT2D eigenvalue weighted by molar-refractivity contribution is 1.15. The Kier molecular flexibility index (Phi) is 3.25. The average molecular weight is 261 g/mol. The Hall–Kier alpha value is -1.48. The minimum Gasteiger partial charge on any atom is -0.245 e. The molecule has 74 valence electrons. The Morgan fingerprint density at radius 2 is 1.80 bits per heavy atom. The van der Waals surface area contributed by atoms with Gasteiger partial charge in [-0.3, -0.25) is 0 Å². The van der Waals surface area contributed by atoms with E-state index in [4.69, 9.17) is 0 Å². The molecule has 1 aromatic carbocycles. The van der Waals surface area contributed by atoms with E-state index in [2.05, 4.69) is 25.9 Å². The molecular formula is C12H9BrN2. The van der Waals surface area contributed by atoms with Crippen molar-refractivity contribution < 1.29 is 0 Å². The van der Waals surface area contributed by atoms with Crippen molar-refractivity contribution >= 4 is 28.1 Å². The molecule has 0 N–H and O–H groups in total. The second-order valence-corrected chi connectivity index (χ2v) is 3.93. The van der Waals surface area contributed by atoms with Crippen LogP contribution in [0.3, 0.4) is 0 Å². The first-order chi connectivity index (χ1) is 7.34. The Labute approximate surface area is 96.8 Å². The number of hydrogen-bond acceptors (Lipinski definition) is 2. The fourth-order valence-electron chi connectivity index (χ4n) is 1.16. The van der Waals surface area contributed by atoms with Crippen LogP contribution in [-0.2, 0) is 0 Å². The third kappa shape index (κ3) is 2.99. The van der Waals surface area contributed by atoms with Crippen molar-refractivity contribution in [3.8, 4) is 0 Å². The van der Waals surface area contributed by atoms with Crippen molar-refractivity contribution in [3.05, 3.63) is 58.6 Å². The summed E-state index contributed by atoms with van der Waals surface area (Å²) in [7, 11) is 0. The molecule has 0 unspecified atom stereocenters. The standard InChI is InChI=1S/C12H9BrN2/c13-11-4-1-10(2-5-11)3-6-12-7-8-14-9-15-12/h1-9H/b6-3+. The second-order valence-electron chi connectivity index (χ2n) is 3.02. The van der Waals surface area contributed by atoms with Crippen LogP contribution >= 0.6 is 15.9 Å². The van der Waals surface area contributed by atoms with E-state index >= 15 is 0 Å². The predicted molar refractivity (Wildman–Crippen MR) is 65.1 cm³/mol. The fraction of sp³-hybridized carbons (Fsp3) is 0. The first-order valence-corrected chi connectivity index (χ1v) is 5.33. The Bertz CT molecular complexity index is 449. The van der Waals surface area contributed by atoms with E-state index in [1.165, 1.54) is 0 Å². The molecule has 0 saturated carbocycles. The third-order valence-corrected chi connectivity index (χ3v) is 2.45. The topological polar surface area (TPSA) is 25.8 Å². The average Bonchev–Trinajstić information content (AvgIpc) is 2.30. The van der Waals surface area contributed by atoms with E-state index in [0.717, 1.165) is 15.7 Å². The molecule has 0 saturated heterocycles. The van der Waals surface area contributed by atoms with E-state index in [-0.39, 0.29) is 0 Å². The van der Waals surface area contributed by atoms with Gasteiger partial charge in [0.2, 0.25) is 0 Å². The SMILES string of the molecule is Brc1ccc(/C=C/c2ccncn2)cc1. The summed E-state index contributed by atoms with van der Waals surface area (Å²) in [6, 6.07) is 9.98. The number of rotatable bonds is 2. The molecule has 0 aliphatic rings. The lowest BCUT2D eigenvalue weighted by Crippen LogP contribution is -1.79. The molecule has 0 aliphatic carbocycles. The van der Waals surface area contributed by atoms with Crippen LogP contribution in [0, 0.1) is 0 Å². The summed E-state index contributed by atoms with van der Waals surface area (Å²) in [5.74, 6) is 0. The zero-order valence-corrected chi connectivity index (χ0v) is 9.55. The highest BCUT2D eigenvalue weighted by Crippen LogP contribution is 2.12. The molecule has 0 atom stereocenters. The third-order valence-electron chi connectivity index (χ3n) is 1.92. The molecule has 1 heterocycles. The lowest BCUT2D eigenvalue weighted by Gasteiger charge is -1.93. The second kappa shape index (κ2) is 4.84. The van der Waals surface area contributed by atoms with Gasteiger partial charge in [-0.2, -0.15) is 0 Å². The molecule has 15 heavy (non-hydrogen) atoms. The quantitative estimate of drug-likeness (QED) is 0.827. The minimum absolute atomic E-state index is 0.910. The van der Waals surface area contributed by atoms with Gasteiger partial charge in [-0.1, -0.05) is 34.1 Å². The summed E-state index contributed by atoms with van der Waals surface area (Å²) in [6.45, 7) is 0. The van der Waals surface area contributed by atoms with Crippen LogP contribution in [0.15, 0.2) is 47.3 Å². The van der Waals surface area contributed by atoms with E-state index in [1.807, 2.05) is 42.5 Å². The van der Waals surface area contributed by atoms with E-state index < -0.39 is 0 Å². The van der Waals surface area contributed by atoms with E-state index in [9.17, 15) is 0 Å². The summed E-state index contributed by atoms with van der Waals surface area (Å²) in [4.78, 5) is 7.96.